The molecule has 1 fully saturated rings. The van der Waals surface area contributed by atoms with Crippen LogP contribution in [0.15, 0.2) is 35.4 Å². The van der Waals surface area contributed by atoms with Gasteiger partial charge in [0.15, 0.2) is 12.4 Å². The van der Waals surface area contributed by atoms with Gasteiger partial charge in [-0.05, 0) is 43.5 Å². The molecule has 2 heterocycles. The molecule has 8 nitrogen and oxygen atoms in total. The van der Waals surface area contributed by atoms with E-state index in [-0.39, 0.29) is 16.3 Å². The summed E-state index contributed by atoms with van der Waals surface area (Å²) in [6.45, 7) is 1.62. The second-order valence-corrected chi connectivity index (χ2v) is 9.94. The van der Waals surface area contributed by atoms with Gasteiger partial charge in [-0.1, -0.05) is 24.1 Å². The highest BCUT2D eigenvalue weighted by molar-refractivity contribution is 7.89. The van der Waals surface area contributed by atoms with Gasteiger partial charge < -0.3 is 10.1 Å². The Morgan fingerprint density at radius 2 is 1.85 bits per heavy atom. The number of carbonyl (C=O) groups is 2. The van der Waals surface area contributed by atoms with E-state index in [1.54, 1.807) is 6.92 Å². The third-order valence-corrected chi connectivity index (χ3v) is 7.45. The van der Waals surface area contributed by atoms with E-state index >= 15 is 0 Å². The first-order valence-electron chi connectivity index (χ1n) is 10.2. The lowest BCUT2D eigenvalue weighted by atomic mass is 10.1. The number of anilines is 1. The van der Waals surface area contributed by atoms with E-state index in [2.05, 4.69) is 10.3 Å². The number of esters is 1. The van der Waals surface area contributed by atoms with Crippen molar-refractivity contribution >= 4 is 39.3 Å². The fourth-order valence-electron chi connectivity index (χ4n) is 3.32. The van der Waals surface area contributed by atoms with Crippen LogP contribution in [0.25, 0.3) is 0 Å². The Morgan fingerprint density at radius 1 is 1.18 bits per heavy atom. The quantitative estimate of drug-likeness (QED) is 0.578. The number of amides is 1. The predicted octanol–water partition coefficient (Wildman–Crippen LogP) is 4.03. The van der Waals surface area contributed by atoms with Crippen LogP contribution in [0.1, 0.15) is 40.7 Å². The van der Waals surface area contributed by atoms with E-state index < -0.39 is 45.3 Å². The van der Waals surface area contributed by atoms with Gasteiger partial charge in [0, 0.05) is 19.3 Å². The summed E-state index contributed by atoms with van der Waals surface area (Å²) in [4.78, 5) is 27.9. The van der Waals surface area contributed by atoms with Crippen LogP contribution >= 0.6 is 11.6 Å². The highest BCUT2D eigenvalue weighted by Crippen LogP contribution is 2.32. The van der Waals surface area contributed by atoms with Crippen molar-refractivity contribution in [1.82, 2.24) is 9.29 Å². The van der Waals surface area contributed by atoms with E-state index in [1.165, 1.54) is 22.5 Å². The first kappa shape index (κ1) is 25.9. The zero-order chi connectivity index (χ0) is 25.1. The van der Waals surface area contributed by atoms with E-state index in [0.29, 0.717) is 30.9 Å². The molecule has 1 saturated heterocycles. The minimum Gasteiger partial charge on any atom is -0.452 e. The minimum absolute atomic E-state index is 0.0194. The molecular formula is C21H21ClF3N3O5S. The molecule has 184 valence electrons. The van der Waals surface area contributed by atoms with Crippen LogP contribution in [0.2, 0.25) is 5.02 Å². The average Bonchev–Trinajstić information content (AvgIpc) is 2.79. The number of nitrogens with zero attached hydrogens (tertiary/aromatic N) is 2. The van der Waals surface area contributed by atoms with E-state index in [9.17, 15) is 31.2 Å². The number of aryl methyl sites for hydroxylation is 1. The molecule has 1 aliphatic heterocycles. The van der Waals surface area contributed by atoms with Crippen molar-refractivity contribution in [3.05, 3.63) is 52.2 Å². The van der Waals surface area contributed by atoms with E-state index in [1.807, 2.05) is 0 Å². The number of carbonyl (C=O) groups excluding carboxylic acids is 2. The summed E-state index contributed by atoms with van der Waals surface area (Å²) in [5, 5.41) is 1.71. The molecular weight excluding hydrogens is 499 g/mol. The summed E-state index contributed by atoms with van der Waals surface area (Å²) in [5.41, 5.74) is -0.695. The summed E-state index contributed by atoms with van der Waals surface area (Å²) < 4.78 is 70.3. The minimum atomic E-state index is -4.65. The molecule has 0 unspecified atom stereocenters. The van der Waals surface area contributed by atoms with Crippen LogP contribution in [0, 0.1) is 6.92 Å². The Hall–Kier alpha value is -2.70. The van der Waals surface area contributed by atoms with Crippen LogP contribution in [0.4, 0.5) is 19.0 Å². The van der Waals surface area contributed by atoms with Crippen LogP contribution in [-0.4, -0.2) is 49.3 Å². The zero-order valence-electron chi connectivity index (χ0n) is 18.0. The highest BCUT2D eigenvalue weighted by Gasteiger charge is 2.32. The van der Waals surface area contributed by atoms with Gasteiger partial charge >= 0.3 is 12.1 Å². The second-order valence-electron chi connectivity index (χ2n) is 7.62. The number of sulfonamides is 1. The number of ether oxygens (including phenoxy) is 1. The Balaban J connectivity index is 1.66. The maximum atomic E-state index is 13.0. The fourth-order valence-corrected chi connectivity index (χ4v) is 5.30. The van der Waals surface area contributed by atoms with Crippen molar-refractivity contribution in [3.63, 3.8) is 0 Å². The Bertz CT molecular complexity index is 1200. The standard InChI is InChI=1S/C21H21ClF3N3O5S/c1-13-5-6-14(9-17(13)34(31,32)28-7-3-2-4-8-28)20(30)33-12-18(29)27-19-16(22)10-15(11-26-19)21(23,24)25/h5-6,9-11H,2-4,7-8,12H2,1H3,(H,26,27,29). The Kier molecular flexibility index (Phi) is 7.84. The Morgan fingerprint density at radius 3 is 2.47 bits per heavy atom. The molecule has 1 aromatic heterocycles. The summed E-state index contributed by atoms with van der Waals surface area (Å²) in [7, 11) is -3.80. The van der Waals surface area contributed by atoms with Gasteiger partial charge in [0.05, 0.1) is 21.0 Å². The van der Waals surface area contributed by atoms with Crippen molar-refractivity contribution in [3.8, 4) is 0 Å². The van der Waals surface area contributed by atoms with Crippen LogP contribution in [0.5, 0.6) is 0 Å². The Labute approximate surface area is 199 Å². The third-order valence-electron chi connectivity index (χ3n) is 5.12. The third kappa shape index (κ3) is 6.05. The molecule has 13 heteroatoms. The monoisotopic (exact) mass is 519 g/mol. The SMILES string of the molecule is Cc1ccc(C(=O)OCC(=O)Nc2ncc(C(F)(F)F)cc2Cl)cc1S(=O)(=O)N1CCCCC1. The van der Waals surface area contributed by atoms with E-state index in [0.717, 1.165) is 19.3 Å². The van der Waals surface area contributed by atoms with Crippen molar-refractivity contribution in [2.24, 2.45) is 0 Å². The van der Waals surface area contributed by atoms with Gasteiger partial charge in [-0.3, -0.25) is 4.79 Å². The summed E-state index contributed by atoms with van der Waals surface area (Å²) in [6, 6.07) is 4.65. The number of benzene rings is 1. The van der Waals surface area contributed by atoms with E-state index in [4.69, 9.17) is 16.3 Å². The molecule has 0 atom stereocenters. The van der Waals surface area contributed by atoms with Gasteiger partial charge in [-0.2, -0.15) is 17.5 Å². The van der Waals surface area contributed by atoms with Crippen LogP contribution < -0.4 is 5.32 Å². The summed E-state index contributed by atoms with van der Waals surface area (Å²) in [6.07, 6.45) is -1.68. The van der Waals surface area contributed by atoms with Crippen molar-refractivity contribution in [2.45, 2.75) is 37.3 Å². The number of halogens is 4. The first-order valence-corrected chi connectivity index (χ1v) is 12.0. The predicted molar refractivity (Wildman–Crippen MR) is 117 cm³/mol. The molecule has 0 bridgehead atoms. The highest BCUT2D eigenvalue weighted by atomic mass is 35.5. The topological polar surface area (TPSA) is 106 Å². The molecule has 0 spiro atoms. The molecule has 2 aromatic rings. The van der Waals surface area contributed by atoms with Crippen molar-refractivity contribution < 1.29 is 35.9 Å². The molecule has 1 aliphatic rings. The molecule has 1 amide bonds. The van der Waals surface area contributed by atoms with Gasteiger partial charge in [0.25, 0.3) is 5.91 Å². The van der Waals surface area contributed by atoms with Crippen molar-refractivity contribution in [2.75, 3.05) is 25.0 Å². The largest absolute Gasteiger partial charge is 0.452 e. The number of piperidine rings is 1. The van der Waals surface area contributed by atoms with Gasteiger partial charge in [-0.15, -0.1) is 0 Å². The molecule has 1 N–H and O–H groups in total. The number of hydrogen-bond donors (Lipinski definition) is 1. The maximum Gasteiger partial charge on any atom is 0.417 e. The first-order chi connectivity index (χ1) is 15.9. The van der Waals surface area contributed by atoms with Crippen LogP contribution in [-0.2, 0) is 25.7 Å². The normalized spacial score (nSPS) is 15.1. The number of hydrogen-bond acceptors (Lipinski definition) is 6. The maximum absolute atomic E-state index is 13.0. The molecule has 0 radical (unpaired) electrons. The molecule has 34 heavy (non-hydrogen) atoms. The lowest BCUT2D eigenvalue weighted by Gasteiger charge is -2.26. The lowest BCUT2D eigenvalue weighted by Crippen LogP contribution is -2.36. The summed E-state index contributed by atoms with van der Waals surface area (Å²) >= 11 is 5.73. The van der Waals surface area contributed by atoms with Gasteiger partial charge in [-0.25, -0.2) is 18.2 Å². The summed E-state index contributed by atoms with van der Waals surface area (Å²) in [5.74, 6) is -2.17. The molecule has 0 saturated carbocycles. The molecule has 1 aromatic carbocycles. The van der Waals surface area contributed by atoms with Gasteiger partial charge in [0.1, 0.15) is 0 Å². The zero-order valence-corrected chi connectivity index (χ0v) is 19.6. The van der Waals surface area contributed by atoms with Crippen molar-refractivity contribution in [1.29, 1.82) is 0 Å². The number of aromatic nitrogens is 1. The lowest BCUT2D eigenvalue weighted by molar-refractivity contribution is -0.137. The second kappa shape index (κ2) is 10.3. The average molecular weight is 520 g/mol. The number of rotatable bonds is 6. The fraction of sp³-hybridized carbons (Fsp3) is 0.381. The van der Waals surface area contributed by atoms with Gasteiger partial charge in [0.2, 0.25) is 10.0 Å². The molecule has 0 aliphatic carbocycles. The number of nitrogens with one attached hydrogen (secondary N) is 1. The number of pyridine rings is 1. The van der Waals surface area contributed by atoms with Crippen LogP contribution in [0.3, 0.4) is 0 Å². The smallest absolute Gasteiger partial charge is 0.417 e. The number of alkyl halides is 3. The molecule has 3 rings (SSSR count).